The summed E-state index contributed by atoms with van der Waals surface area (Å²) in [5.41, 5.74) is 17.6. The fourth-order valence-corrected chi connectivity index (χ4v) is 14.1. The molecule has 2 aliphatic rings. The van der Waals surface area contributed by atoms with Crippen LogP contribution in [0.2, 0.25) is 0 Å². The Bertz CT molecular complexity index is 5330. The van der Waals surface area contributed by atoms with E-state index in [1.165, 1.54) is 159 Å². The van der Waals surface area contributed by atoms with E-state index in [1.54, 1.807) is 0 Å². The maximum Gasteiger partial charge on any atom is 0.0725 e. The molecule has 0 nitrogen and oxygen atoms in total. The van der Waals surface area contributed by atoms with Gasteiger partial charge in [0.2, 0.25) is 0 Å². The standard InChI is InChI=1S/C25H16.3C15H12.2C11H10.C2H6/c1-5-13-21-17(9-1)18-10-2-6-14-22(18)25(21)23-15-7-3-11-19(23)20-12-4-8-16-24(20)25;1-11-5-4-8-15-13(11)10-9-12-6-2-3-7-14(12)15;1-11-6-9-15-13(10-11)8-7-12-4-2-3-5-14(12)15;1-11-6-7-14-9-12-4-2-3-5-13(12)10-15(14)8-11;1-9-5-4-7-10-6-2-3-8-11(9)10;1-9-6-7-10-4-2-3-5-11(10)8-9;1-2/h1-16H;3*2-10H,1H3;2*2-8H,1H3;1-2H3. The van der Waals surface area contributed by atoms with Crippen LogP contribution in [0.3, 0.4) is 0 Å². The first kappa shape index (κ1) is 61.7. The van der Waals surface area contributed by atoms with Crippen molar-refractivity contribution in [2.75, 3.05) is 0 Å². The molecule has 17 aromatic rings. The molecular formula is C94H78. The van der Waals surface area contributed by atoms with Gasteiger partial charge in [0.15, 0.2) is 0 Å². The molecule has 1 spiro atoms. The lowest BCUT2D eigenvalue weighted by Crippen LogP contribution is -2.25. The van der Waals surface area contributed by atoms with Crippen molar-refractivity contribution >= 4 is 86.2 Å². The predicted molar refractivity (Wildman–Crippen MR) is 410 cm³/mol. The largest absolute Gasteiger partial charge is 0.0725 e. The van der Waals surface area contributed by atoms with Crippen molar-refractivity contribution in [1.82, 2.24) is 0 Å². The fraction of sp³-hybridized carbons (Fsp3) is 0.0851. The van der Waals surface area contributed by atoms with E-state index in [4.69, 9.17) is 0 Å². The van der Waals surface area contributed by atoms with E-state index in [1.807, 2.05) is 13.8 Å². The molecule has 0 fully saturated rings. The highest BCUT2D eigenvalue weighted by Crippen LogP contribution is 2.62. The van der Waals surface area contributed by atoms with Crippen molar-refractivity contribution in [2.45, 2.75) is 53.9 Å². The monoisotopic (exact) mass is 1210 g/mol. The maximum absolute atomic E-state index is 2.31. The first-order valence-electron chi connectivity index (χ1n) is 33.1. The van der Waals surface area contributed by atoms with Gasteiger partial charge in [-0.3, -0.25) is 0 Å². The molecule has 0 heterocycles. The Labute approximate surface area is 554 Å². The van der Waals surface area contributed by atoms with Gasteiger partial charge in [-0.25, -0.2) is 0 Å². The van der Waals surface area contributed by atoms with Gasteiger partial charge in [-0.15, -0.1) is 0 Å². The Balaban J connectivity index is 0.000000105. The Morgan fingerprint density at radius 3 is 0.968 bits per heavy atom. The summed E-state index contributed by atoms with van der Waals surface area (Å²) in [6, 6.07) is 124. The minimum Gasteiger partial charge on any atom is -0.0683 e. The van der Waals surface area contributed by atoms with Crippen molar-refractivity contribution in [2.24, 2.45) is 0 Å². The lowest BCUT2D eigenvalue weighted by Gasteiger charge is -2.30. The molecule has 454 valence electrons. The Morgan fingerprint density at radius 1 is 0.170 bits per heavy atom. The second kappa shape index (κ2) is 27.7. The number of hydrogen-bond donors (Lipinski definition) is 0. The van der Waals surface area contributed by atoms with Crippen molar-refractivity contribution in [1.29, 1.82) is 0 Å². The molecule has 19 rings (SSSR count). The SMILES string of the molecule is CC.Cc1ccc2c(ccc3ccccc32)c1.Cc1ccc2cc3ccccc3cc2c1.Cc1ccc2ccccc2c1.Cc1cccc2c1ccc1ccccc12.Cc1cccc2ccccc12.c1ccc2c(c1)-c1ccccc1C21c2ccccc2-c2ccccc21. The molecule has 0 N–H and O–H groups in total. The number of aryl methyl sites for hydroxylation is 5. The topological polar surface area (TPSA) is 0 Å². The second-order valence-corrected chi connectivity index (χ2v) is 24.6. The number of rotatable bonds is 0. The molecule has 94 heavy (non-hydrogen) atoms. The molecule has 0 saturated carbocycles. The quantitative estimate of drug-likeness (QED) is 0.105. The molecule has 0 aliphatic heterocycles. The van der Waals surface area contributed by atoms with Gasteiger partial charge in [0.25, 0.3) is 0 Å². The second-order valence-electron chi connectivity index (χ2n) is 24.6. The molecule has 0 saturated heterocycles. The summed E-state index contributed by atoms with van der Waals surface area (Å²) in [4.78, 5) is 0. The van der Waals surface area contributed by atoms with Crippen molar-refractivity contribution < 1.29 is 0 Å². The van der Waals surface area contributed by atoms with Crippen LogP contribution in [-0.4, -0.2) is 0 Å². The van der Waals surface area contributed by atoms with Gasteiger partial charge in [-0.05, 0) is 189 Å². The Hall–Kier alpha value is -11.2. The van der Waals surface area contributed by atoms with Crippen LogP contribution in [0.5, 0.6) is 0 Å². The van der Waals surface area contributed by atoms with Gasteiger partial charge in [0, 0.05) is 0 Å². The van der Waals surface area contributed by atoms with Gasteiger partial charge in [0.05, 0.1) is 5.41 Å². The van der Waals surface area contributed by atoms with Crippen LogP contribution in [0.25, 0.3) is 108 Å². The van der Waals surface area contributed by atoms with E-state index in [2.05, 4.69) is 380 Å². The zero-order valence-electron chi connectivity index (χ0n) is 54.9. The number of fused-ring (bicyclic) bond motifs is 20. The average molecular weight is 1210 g/mol. The average Bonchev–Trinajstić information content (AvgIpc) is 1.52. The van der Waals surface area contributed by atoms with E-state index in [0.29, 0.717) is 0 Å². The minimum absolute atomic E-state index is 0.180. The zero-order chi connectivity index (χ0) is 64.5. The summed E-state index contributed by atoms with van der Waals surface area (Å²) in [6.45, 7) is 14.7. The molecule has 0 bridgehead atoms. The van der Waals surface area contributed by atoms with Crippen LogP contribution in [0.1, 0.15) is 63.9 Å². The zero-order valence-corrected chi connectivity index (χ0v) is 54.9. The lowest BCUT2D eigenvalue weighted by molar-refractivity contribution is 0.794. The van der Waals surface area contributed by atoms with Crippen molar-refractivity contribution in [3.05, 3.63) is 396 Å². The smallest absolute Gasteiger partial charge is 0.0683 e. The van der Waals surface area contributed by atoms with E-state index in [9.17, 15) is 0 Å². The third-order valence-corrected chi connectivity index (χ3v) is 18.6. The molecule has 0 heteroatoms. The third-order valence-electron chi connectivity index (χ3n) is 18.6. The molecule has 0 aromatic heterocycles. The van der Waals surface area contributed by atoms with E-state index in [0.717, 1.165) is 0 Å². The molecular weight excluding hydrogens is 1130 g/mol. The predicted octanol–water partition coefficient (Wildman–Crippen LogP) is 26.3. The van der Waals surface area contributed by atoms with Crippen LogP contribution in [0, 0.1) is 34.6 Å². The first-order valence-corrected chi connectivity index (χ1v) is 33.1. The van der Waals surface area contributed by atoms with Gasteiger partial charge >= 0.3 is 0 Å². The summed E-state index contributed by atoms with van der Waals surface area (Å²) in [7, 11) is 0. The number of benzene rings is 17. The summed E-state index contributed by atoms with van der Waals surface area (Å²) in [5, 5.41) is 21.3. The van der Waals surface area contributed by atoms with Crippen LogP contribution < -0.4 is 0 Å². The highest BCUT2D eigenvalue weighted by molar-refractivity contribution is 6.09. The number of hydrogen-bond acceptors (Lipinski definition) is 0. The van der Waals surface area contributed by atoms with E-state index >= 15 is 0 Å². The van der Waals surface area contributed by atoms with Gasteiger partial charge in [-0.2, -0.15) is 0 Å². The molecule has 17 aromatic carbocycles. The van der Waals surface area contributed by atoms with E-state index < -0.39 is 0 Å². The summed E-state index contributed by atoms with van der Waals surface area (Å²) in [6.07, 6.45) is 0. The van der Waals surface area contributed by atoms with Crippen LogP contribution in [0.4, 0.5) is 0 Å². The molecule has 0 unspecified atom stereocenters. The first-order chi connectivity index (χ1) is 46.2. The summed E-state index contributed by atoms with van der Waals surface area (Å²) >= 11 is 0. The van der Waals surface area contributed by atoms with Crippen LogP contribution in [0.15, 0.2) is 346 Å². The fourth-order valence-electron chi connectivity index (χ4n) is 14.1. The normalized spacial score (nSPS) is 11.6. The van der Waals surface area contributed by atoms with E-state index in [-0.39, 0.29) is 5.41 Å². The highest BCUT2D eigenvalue weighted by Gasteiger charge is 2.51. The summed E-state index contributed by atoms with van der Waals surface area (Å²) < 4.78 is 0. The molecule has 0 amide bonds. The van der Waals surface area contributed by atoms with Crippen LogP contribution >= 0.6 is 0 Å². The lowest BCUT2D eigenvalue weighted by atomic mass is 9.70. The van der Waals surface area contributed by atoms with Crippen molar-refractivity contribution in [3.63, 3.8) is 0 Å². The third kappa shape index (κ3) is 12.3. The molecule has 0 atom stereocenters. The van der Waals surface area contributed by atoms with Gasteiger partial charge in [-0.1, -0.05) is 364 Å². The Kier molecular flexibility index (Phi) is 18.2. The molecule has 2 aliphatic carbocycles. The van der Waals surface area contributed by atoms with Gasteiger partial charge < -0.3 is 0 Å². The highest BCUT2D eigenvalue weighted by atomic mass is 14.5. The van der Waals surface area contributed by atoms with Crippen LogP contribution in [-0.2, 0) is 5.41 Å². The molecule has 0 radical (unpaired) electrons. The Morgan fingerprint density at radius 2 is 0.447 bits per heavy atom. The summed E-state index contributed by atoms with van der Waals surface area (Å²) in [5.74, 6) is 0. The van der Waals surface area contributed by atoms with Gasteiger partial charge in [0.1, 0.15) is 0 Å². The minimum atomic E-state index is -0.180. The van der Waals surface area contributed by atoms with Crippen molar-refractivity contribution in [3.8, 4) is 22.3 Å². The maximum atomic E-state index is 2.31.